The molecule has 2 aromatic heterocycles. The first-order chi connectivity index (χ1) is 11.3. The van der Waals surface area contributed by atoms with Crippen LogP contribution in [0, 0.1) is 0 Å². The summed E-state index contributed by atoms with van der Waals surface area (Å²) in [5.41, 5.74) is 0. The Balaban J connectivity index is 1.26. The molecule has 0 aromatic carbocycles. The van der Waals surface area contributed by atoms with Crippen LogP contribution in [0.2, 0.25) is 0 Å². The molecule has 1 aliphatic heterocycles. The maximum Gasteiger partial charge on any atom is 0.243 e. The van der Waals surface area contributed by atoms with Gasteiger partial charge in [0.25, 0.3) is 0 Å². The van der Waals surface area contributed by atoms with E-state index < -0.39 is 0 Å². The molecule has 1 atom stereocenters. The van der Waals surface area contributed by atoms with Crippen molar-refractivity contribution in [2.24, 2.45) is 0 Å². The minimum Gasteiger partial charge on any atom is -0.338 e. The lowest BCUT2D eigenvalue weighted by Crippen LogP contribution is -2.47. The molecule has 1 saturated heterocycles. The molecule has 6 heteroatoms. The molecular formula is C17H24N4OS. The Morgan fingerprint density at radius 2 is 2.13 bits per heavy atom. The van der Waals surface area contributed by atoms with Crippen LogP contribution in [0.4, 0.5) is 0 Å². The molecule has 124 valence electrons. The highest BCUT2D eigenvalue weighted by atomic mass is 32.1. The number of aromatic nitrogens is 2. The predicted molar refractivity (Wildman–Crippen MR) is 90.7 cm³/mol. The van der Waals surface area contributed by atoms with Crippen molar-refractivity contribution in [3.63, 3.8) is 0 Å². The lowest BCUT2D eigenvalue weighted by atomic mass is 10.2. The van der Waals surface area contributed by atoms with Crippen molar-refractivity contribution in [3.8, 4) is 0 Å². The Kier molecular flexibility index (Phi) is 4.46. The standard InChI is InChI=1S/C17H24N4OS/c1-13(17-18-16(19-22-17)14-4-5-14)21-10-8-20(9-11-21)7-6-15-3-2-12-23-15/h2-3,12-14H,4-11H2,1H3/t13-/m0/s1. The summed E-state index contributed by atoms with van der Waals surface area (Å²) in [4.78, 5) is 11.1. The van der Waals surface area contributed by atoms with E-state index in [4.69, 9.17) is 4.52 Å². The molecule has 0 N–H and O–H groups in total. The van der Waals surface area contributed by atoms with E-state index in [9.17, 15) is 0 Å². The fourth-order valence-corrected chi connectivity index (χ4v) is 3.88. The van der Waals surface area contributed by atoms with Crippen molar-refractivity contribution in [1.29, 1.82) is 0 Å². The Hall–Kier alpha value is -1.24. The average Bonchev–Trinajstić information content (AvgIpc) is 3.11. The fourth-order valence-electron chi connectivity index (χ4n) is 3.18. The summed E-state index contributed by atoms with van der Waals surface area (Å²) in [5.74, 6) is 2.27. The van der Waals surface area contributed by atoms with Crippen molar-refractivity contribution >= 4 is 11.3 Å². The van der Waals surface area contributed by atoms with Crippen LogP contribution in [-0.2, 0) is 6.42 Å². The minimum absolute atomic E-state index is 0.231. The van der Waals surface area contributed by atoms with E-state index in [1.54, 1.807) is 0 Å². The Morgan fingerprint density at radius 3 is 2.83 bits per heavy atom. The molecule has 2 aromatic rings. The Morgan fingerprint density at radius 1 is 1.30 bits per heavy atom. The highest BCUT2D eigenvalue weighted by Gasteiger charge is 2.31. The predicted octanol–water partition coefficient (Wildman–Crippen LogP) is 2.93. The molecule has 4 rings (SSSR count). The first kappa shape index (κ1) is 15.3. The van der Waals surface area contributed by atoms with Crippen LogP contribution in [0.5, 0.6) is 0 Å². The van der Waals surface area contributed by atoms with Crippen LogP contribution in [0.1, 0.15) is 48.3 Å². The number of hydrogen-bond donors (Lipinski definition) is 0. The van der Waals surface area contributed by atoms with Gasteiger partial charge in [0.2, 0.25) is 5.89 Å². The molecule has 0 radical (unpaired) electrons. The summed E-state index contributed by atoms with van der Waals surface area (Å²) >= 11 is 1.86. The second-order valence-electron chi connectivity index (χ2n) is 6.65. The van der Waals surface area contributed by atoms with Gasteiger partial charge in [-0.2, -0.15) is 4.98 Å². The van der Waals surface area contributed by atoms with Crippen LogP contribution in [-0.4, -0.2) is 52.7 Å². The van der Waals surface area contributed by atoms with E-state index in [1.165, 1.54) is 24.1 Å². The number of piperazine rings is 1. The Labute approximate surface area is 141 Å². The molecule has 2 aliphatic rings. The van der Waals surface area contributed by atoms with Gasteiger partial charge in [0.15, 0.2) is 5.82 Å². The normalized spacial score (nSPS) is 21.6. The SMILES string of the molecule is C[C@@H](c1nc(C2CC2)no1)N1CCN(CCc2cccs2)CC1. The van der Waals surface area contributed by atoms with Crippen LogP contribution in [0.15, 0.2) is 22.0 Å². The van der Waals surface area contributed by atoms with E-state index >= 15 is 0 Å². The summed E-state index contributed by atoms with van der Waals surface area (Å²) in [5, 5.41) is 6.31. The van der Waals surface area contributed by atoms with Crippen molar-refractivity contribution in [2.45, 2.75) is 38.1 Å². The van der Waals surface area contributed by atoms with Gasteiger partial charge in [-0.3, -0.25) is 4.90 Å². The fraction of sp³-hybridized carbons (Fsp3) is 0.647. The zero-order valence-corrected chi connectivity index (χ0v) is 14.5. The summed E-state index contributed by atoms with van der Waals surface area (Å²) in [6, 6.07) is 4.60. The molecule has 0 amide bonds. The van der Waals surface area contributed by atoms with Crippen LogP contribution >= 0.6 is 11.3 Å². The molecular weight excluding hydrogens is 308 g/mol. The van der Waals surface area contributed by atoms with Gasteiger partial charge in [-0.1, -0.05) is 11.2 Å². The first-order valence-electron chi connectivity index (χ1n) is 8.62. The molecule has 0 unspecified atom stereocenters. The molecule has 23 heavy (non-hydrogen) atoms. The summed E-state index contributed by atoms with van der Waals surface area (Å²) < 4.78 is 5.49. The van der Waals surface area contributed by atoms with Crippen molar-refractivity contribution in [3.05, 3.63) is 34.1 Å². The highest BCUT2D eigenvalue weighted by Crippen LogP contribution is 2.38. The van der Waals surface area contributed by atoms with Crippen LogP contribution < -0.4 is 0 Å². The molecule has 0 spiro atoms. The number of rotatable bonds is 6. The number of thiophene rings is 1. The maximum atomic E-state index is 5.49. The van der Waals surface area contributed by atoms with Gasteiger partial charge in [-0.05, 0) is 37.6 Å². The van der Waals surface area contributed by atoms with E-state index in [0.29, 0.717) is 5.92 Å². The zero-order chi connectivity index (χ0) is 15.6. The third kappa shape index (κ3) is 3.65. The van der Waals surface area contributed by atoms with Gasteiger partial charge in [-0.15, -0.1) is 11.3 Å². The van der Waals surface area contributed by atoms with E-state index in [2.05, 4.69) is 44.4 Å². The molecule has 1 aliphatic carbocycles. The van der Waals surface area contributed by atoms with E-state index in [0.717, 1.165) is 44.4 Å². The van der Waals surface area contributed by atoms with Crippen molar-refractivity contribution in [2.75, 3.05) is 32.7 Å². The van der Waals surface area contributed by atoms with Gasteiger partial charge in [0.05, 0.1) is 6.04 Å². The largest absolute Gasteiger partial charge is 0.338 e. The number of nitrogens with zero attached hydrogens (tertiary/aromatic N) is 4. The molecule has 1 saturated carbocycles. The van der Waals surface area contributed by atoms with Gasteiger partial charge in [0.1, 0.15) is 0 Å². The molecule has 0 bridgehead atoms. The zero-order valence-electron chi connectivity index (χ0n) is 13.6. The summed E-state index contributed by atoms with van der Waals surface area (Å²) in [7, 11) is 0. The lowest BCUT2D eigenvalue weighted by Gasteiger charge is -2.36. The van der Waals surface area contributed by atoms with Crippen LogP contribution in [0.3, 0.4) is 0 Å². The monoisotopic (exact) mass is 332 g/mol. The maximum absolute atomic E-state index is 5.49. The second-order valence-corrected chi connectivity index (χ2v) is 7.68. The quantitative estimate of drug-likeness (QED) is 0.814. The summed E-state index contributed by atoms with van der Waals surface area (Å²) in [6.07, 6.45) is 3.61. The minimum atomic E-state index is 0.231. The van der Waals surface area contributed by atoms with Crippen molar-refractivity contribution in [1.82, 2.24) is 19.9 Å². The van der Waals surface area contributed by atoms with Gasteiger partial charge >= 0.3 is 0 Å². The molecule has 2 fully saturated rings. The van der Waals surface area contributed by atoms with Gasteiger partial charge < -0.3 is 9.42 Å². The van der Waals surface area contributed by atoms with E-state index in [-0.39, 0.29) is 6.04 Å². The smallest absolute Gasteiger partial charge is 0.243 e. The second kappa shape index (κ2) is 6.71. The molecule has 3 heterocycles. The van der Waals surface area contributed by atoms with Gasteiger partial charge in [0, 0.05) is 43.5 Å². The third-order valence-corrected chi connectivity index (χ3v) is 5.90. The van der Waals surface area contributed by atoms with E-state index in [1.807, 2.05) is 11.3 Å². The molecule has 5 nitrogen and oxygen atoms in total. The third-order valence-electron chi connectivity index (χ3n) is 4.97. The first-order valence-corrected chi connectivity index (χ1v) is 9.50. The lowest BCUT2D eigenvalue weighted by molar-refractivity contribution is 0.0891. The van der Waals surface area contributed by atoms with Crippen LogP contribution in [0.25, 0.3) is 0 Å². The highest BCUT2D eigenvalue weighted by molar-refractivity contribution is 7.09. The topological polar surface area (TPSA) is 45.4 Å². The summed E-state index contributed by atoms with van der Waals surface area (Å²) in [6.45, 7) is 7.75. The Bertz CT molecular complexity index is 614. The average molecular weight is 332 g/mol. The van der Waals surface area contributed by atoms with Gasteiger partial charge in [-0.25, -0.2) is 0 Å². The number of hydrogen-bond acceptors (Lipinski definition) is 6. The van der Waals surface area contributed by atoms with Crippen molar-refractivity contribution < 1.29 is 4.52 Å².